The summed E-state index contributed by atoms with van der Waals surface area (Å²) >= 11 is 0. The molecule has 5 aromatic carbocycles. The number of aromatic nitrogens is 2. The molecule has 0 fully saturated rings. The summed E-state index contributed by atoms with van der Waals surface area (Å²) < 4.78 is 21.4. The van der Waals surface area contributed by atoms with Gasteiger partial charge in [-0.1, -0.05) is 111 Å². The van der Waals surface area contributed by atoms with E-state index in [9.17, 15) is 0 Å². The van der Waals surface area contributed by atoms with Crippen LogP contribution in [0.5, 0.6) is 0 Å². The monoisotopic (exact) mass is 831 g/mol. The van der Waals surface area contributed by atoms with Gasteiger partial charge in [0.05, 0.1) is 11.1 Å². The van der Waals surface area contributed by atoms with Gasteiger partial charge in [-0.05, 0) is 64.2 Å². The molecule has 0 aliphatic carbocycles. The first-order valence-corrected chi connectivity index (χ1v) is 16.3. The van der Waals surface area contributed by atoms with Crippen LogP contribution in [0, 0.1) is 24.9 Å². The molecule has 0 spiro atoms. The van der Waals surface area contributed by atoms with E-state index in [-0.39, 0.29) is 31.3 Å². The van der Waals surface area contributed by atoms with E-state index in [0.29, 0.717) is 16.7 Å². The predicted octanol–water partition coefficient (Wildman–Crippen LogP) is 12.1. The van der Waals surface area contributed by atoms with E-state index < -0.39 is 0 Å². The van der Waals surface area contributed by atoms with Gasteiger partial charge in [-0.25, -0.2) is 4.39 Å². The van der Waals surface area contributed by atoms with Crippen molar-refractivity contribution in [3.05, 3.63) is 169 Å². The summed E-state index contributed by atoms with van der Waals surface area (Å²) in [4.78, 5) is 8.88. The topological polar surface area (TPSA) is 38.9 Å². The van der Waals surface area contributed by atoms with E-state index >= 15 is 4.39 Å². The Balaban J connectivity index is 0.000000204. The molecule has 8 aromatic rings. The Bertz CT molecular complexity index is 2360. The average molecular weight is 831 g/mol. The molecule has 0 atom stereocenters. The summed E-state index contributed by atoms with van der Waals surface area (Å²) in [5, 5.41) is 1.79. The molecule has 0 aliphatic rings. The van der Waals surface area contributed by atoms with Crippen molar-refractivity contribution in [1.29, 1.82) is 0 Å². The minimum atomic E-state index is -0.313. The molecule has 5 heteroatoms. The predicted molar refractivity (Wildman–Crippen MR) is 199 cm³/mol. The SMILES string of the molecule is Cc1ccc(-c2[c-]ccc(C(C)(C)C)c2)nc1.Fc1ccc2c(oc3c(-c4ccccn4)[c-]ccc32)c1-c1ccc(-c2ccccc2)cc1.[Ir]. The van der Waals surface area contributed by atoms with E-state index in [1.54, 1.807) is 12.3 Å². The molecule has 3 nitrogen and oxygen atoms in total. The number of aryl methyl sites for hydroxylation is 1. The van der Waals surface area contributed by atoms with E-state index in [1.165, 1.54) is 17.2 Å². The Labute approximate surface area is 306 Å². The van der Waals surface area contributed by atoms with Crippen LogP contribution >= 0.6 is 0 Å². The van der Waals surface area contributed by atoms with E-state index in [2.05, 4.69) is 73.2 Å². The van der Waals surface area contributed by atoms with Gasteiger partial charge in [0.1, 0.15) is 11.4 Å². The van der Waals surface area contributed by atoms with Crippen molar-refractivity contribution in [2.75, 3.05) is 0 Å². The zero-order chi connectivity index (χ0) is 34.0. The Morgan fingerprint density at radius 3 is 2.04 bits per heavy atom. The van der Waals surface area contributed by atoms with Crippen molar-refractivity contribution in [2.24, 2.45) is 0 Å². The molecule has 0 bridgehead atoms. The number of pyridine rings is 2. The van der Waals surface area contributed by atoms with Gasteiger partial charge in [0, 0.05) is 37.9 Å². The molecule has 8 rings (SSSR count). The Kier molecular flexibility index (Phi) is 10.2. The van der Waals surface area contributed by atoms with E-state index in [4.69, 9.17) is 4.42 Å². The van der Waals surface area contributed by atoms with E-state index in [0.717, 1.165) is 50.0 Å². The number of halogens is 1. The standard InChI is InChI=1S/C29H17FNO.C16H18N.Ir/c30-25-17-16-23-22-9-6-10-24(26-11-4-5-18-31-26)28(22)32-29(23)27(25)21-14-12-20(13-15-21)19-7-2-1-3-8-19;1-12-8-9-15(17-11-12)13-6-5-7-14(10-13)16(2,3)4;/h1-9,11-18H;5,7-11H,1-4H3;/q2*-1;. The van der Waals surface area contributed by atoms with Gasteiger partial charge in [0.25, 0.3) is 0 Å². The molecule has 0 saturated heterocycles. The number of hydrogen-bond donors (Lipinski definition) is 0. The fraction of sp³-hybridized carbons (Fsp3) is 0.111. The molecule has 1 radical (unpaired) electrons. The smallest absolute Gasteiger partial charge is 0.134 e. The fourth-order valence-electron chi connectivity index (χ4n) is 5.92. The molecule has 0 saturated carbocycles. The van der Waals surface area contributed by atoms with Gasteiger partial charge in [-0.15, -0.1) is 53.6 Å². The Hall–Kier alpha value is -5.22. The third kappa shape index (κ3) is 7.21. The van der Waals surface area contributed by atoms with Crippen molar-refractivity contribution in [1.82, 2.24) is 9.97 Å². The van der Waals surface area contributed by atoms with Crippen LogP contribution in [0.3, 0.4) is 0 Å². The summed E-state index contributed by atoms with van der Waals surface area (Å²) in [5.74, 6) is -0.313. The van der Waals surface area contributed by atoms with Gasteiger partial charge in [-0.3, -0.25) is 0 Å². The van der Waals surface area contributed by atoms with Gasteiger partial charge in [-0.2, -0.15) is 0 Å². The normalized spacial score (nSPS) is 11.1. The number of hydrogen-bond acceptors (Lipinski definition) is 3. The molecular weight excluding hydrogens is 796 g/mol. The van der Waals surface area contributed by atoms with Gasteiger partial charge >= 0.3 is 0 Å². The molecule has 0 N–H and O–H groups in total. The molecule has 249 valence electrons. The molecule has 3 aromatic heterocycles. The number of rotatable bonds is 4. The molecule has 0 aliphatic heterocycles. The first-order valence-electron chi connectivity index (χ1n) is 16.3. The summed E-state index contributed by atoms with van der Waals surface area (Å²) in [6.45, 7) is 8.70. The number of nitrogens with zero attached hydrogens (tertiary/aromatic N) is 2. The summed E-state index contributed by atoms with van der Waals surface area (Å²) in [7, 11) is 0. The molecular formula is C45H35FIrN2O-2. The second-order valence-corrected chi connectivity index (χ2v) is 13.1. The van der Waals surface area contributed by atoms with Crippen molar-refractivity contribution in [3.63, 3.8) is 0 Å². The van der Waals surface area contributed by atoms with Crippen molar-refractivity contribution in [2.45, 2.75) is 33.1 Å². The minimum Gasteiger partial charge on any atom is -0.500 e. The third-order valence-electron chi connectivity index (χ3n) is 8.61. The second-order valence-electron chi connectivity index (χ2n) is 13.1. The van der Waals surface area contributed by atoms with Crippen molar-refractivity contribution in [3.8, 4) is 44.8 Å². The van der Waals surface area contributed by atoms with Gasteiger partial charge in [0.15, 0.2) is 0 Å². The summed E-state index contributed by atoms with van der Waals surface area (Å²) in [6, 6.07) is 47.8. The van der Waals surface area contributed by atoms with Crippen LogP contribution in [-0.2, 0) is 25.5 Å². The minimum absolute atomic E-state index is 0. The zero-order valence-electron chi connectivity index (χ0n) is 28.3. The number of furan rings is 1. The first kappa shape index (κ1) is 34.6. The Morgan fingerprint density at radius 1 is 0.640 bits per heavy atom. The van der Waals surface area contributed by atoms with E-state index in [1.807, 2.05) is 98.0 Å². The maximum atomic E-state index is 15.1. The maximum Gasteiger partial charge on any atom is 0.134 e. The number of fused-ring (bicyclic) bond motifs is 3. The first-order chi connectivity index (χ1) is 23.8. The molecule has 3 heterocycles. The van der Waals surface area contributed by atoms with Gasteiger partial charge in [0.2, 0.25) is 0 Å². The zero-order valence-corrected chi connectivity index (χ0v) is 30.7. The van der Waals surface area contributed by atoms with Crippen LogP contribution in [0.4, 0.5) is 4.39 Å². The third-order valence-corrected chi connectivity index (χ3v) is 8.61. The molecule has 50 heavy (non-hydrogen) atoms. The molecule has 0 amide bonds. The van der Waals surface area contributed by atoms with Crippen LogP contribution in [-0.4, -0.2) is 9.97 Å². The fourth-order valence-corrected chi connectivity index (χ4v) is 5.92. The average Bonchev–Trinajstić information content (AvgIpc) is 3.51. The van der Waals surface area contributed by atoms with Crippen molar-refractivity contribution < 1.29 is 28.9 Å². The van der Waals surface area contributed by atoms with Crippen molar-refractivity contribution >= 4 is 21.9 Å². The Morgan fingerprint density at radius 2 is 1.34 bits per heavy atom. The van der Waals surface area contributed by atoms with Crippen LogP contribution in [0.15, 0.2) is 144 Å². The largest absolute Gasteiger partial charge is 0.500 e. The summed E-state index contributed by atoms with van der Waals surface area (Å²) in [6.07, 6.45) is 3.64. The number of benzene rings is 5. The van der Waals surface area contributed by atoms with Crippen LogP contribution in [0.2, 0.25) is 0 Å². The van der Waals surface area contributed by atoms with Crippen LogP contribution < -0.4 is 0 Å². The van der Waals surface area contributed by atoms with Gasteiger partial charge < -0.3 is 14.4 Å². The quantitative estimate of drug-likeness (QED) is 0.166. The van der Waals surface area contributed by atoms with Crippen LogP contribution in [0.25, 0.3) is 66.7 Å². The maximum absolute atomic E-state index is 15.1. The molecule has 0 unspecified atom stereocenters. The van der Waals surface area contributed by atoms with Crippen LogP contribution in [0.1, 0.15) is 31.9 Å². The second kappa shape index (κ2) is 14.7. The summed E-state index contributed by atoms with van der Waals surface area (Å²) in [5.41, 5.74) is 10.9.